The summed E-state index contributed by atoms with van der Waals surface area (Å²) in [6, 6.07) is -1.66. The summed E-state index contributed by atoms with van der Waals surface area (Å²) in [5.74, 6) is -3.14. The second-order valence-corrected chi connectivity index (χ2v) is 31.9. The third-order valence-corrected chi connectivity index (χ3v) is 12.0. The Labute approximate surface area is 465 Å². The minimum absolute atomic E-state index is 0.0911. The third-order valence-electron chi connectivity index (χ3n) is 6.16. The van der Waals surface area contributed by atoms with E-state index in [1.54, 1.807) is 24.3 Å². The number of rotatable bonds is 35. The largest absolute Gasteiger partial charge is 0.705 e. The fourth-order valence-electron chi connectivity index (χ4n) is 3.66. The molecule has 0 rings (SSSR count). The van der Waals surface area contributed by atoms with Crippen LogP contribution in [0.25, 0.3) is 0 Å². The lowest BCUT2D eigenvalue weighted by atomic mass is 10.4. The van der Waals surface area contributed by atoms with Crippen molar-refractivity contribution < 1.29 is 80.3 Å². The van der Waals surface area contributed by atoms with Gasteiger partial charge in [-0.15, -0.1) is 92.8 Å². The topological polar surface area (TPSA) is 207 Å². The minimum Gasteiger partial charge on any atom is -0.455 e. The molecule has 0 spiro atoms. The molecular weight excluding hydrogens is 1180 g/mol. The van der Waals surface area contributed by atoms with Gasteiger partial charge in [-0.2, -0.15) is 0 Å². The van der Waals surface area contributed by atoms with Crippen LogP contribution >= 0.6 is 82.4 Å². The van der Waals surface area contributed by atoms with E-state index < -0.39 is 51.4 Å². The lowest BCUT2D eigenvalue weighted by Gasteiger charge is -2.26. The van der Waals surface area contributed by atoms with Crippen LogP contribution in [0.5, 0.6) is 0 Å². The van der Waals surface area contributed by atoms with Crippen molar-refractivity contribution in [3.8, 4) is 0 Å². The van der Waals surface area contributed by atoms with E-state index >= 15 is 0 Å². The summed E-state index contributed by atoms with van der Waals surface area (Å²) in [7, 11) is -3.73. The van der Waals surface area contributed by atoms with Crippen molar-refractivity contribution in [2.45, 2.75) is 99.1 Å². The Morgan fingerprint density at radius 2 is 0.775 bits per heavy atom. The summed E-state index contributed by atoms with van der Waals surface area (Å²) in [6.45, 7) is 30.5. The fraction of sp³-hybridized carbons (Fsp3) is 0.705. The molecule has 0 radical (unpaired) electrons. The number of carbonyl (C=O) groups is 5. The molecule has 0 fully saturated rings. The number of hydrogen-bond acceptors (Lipinski definition) is 17. The summed E-state index contributed by atoms with van der Waals surface area (Å²) >= 11 is 35.1. The van der Waals surface area contributed by atoms with Gasteiger partial charge in [0.25, 0.3) is 17.9 Å². The quantitative estimate of drug-likeness (QED) is 0.0119. The van der Waals surface area contributed by atoms with Crippen LogP contribution < -0.4 is 0 Å². The zero-order chi connectivity index (χ0) is 56.0. The summed E-state index contributed by atoms with van der Waals surface area (Å²) in [4.78, 5) is 53.4. The number of alkyl halides is 1. The molecule has 0 bridgehead atoms. The van der Waals surface area contributed by atoms with Crippen molar-refractivity contribution in [3.05, 3.63) is 50.6 Å². The van der Waals surface area contributed by atoms with Crippen molar-refractivity contribution in [2.24, 2.45) is 0 Å². The van der Waals surface area contributed by atoms with Gasteiger partial charge in [0.1, 0.15) is 0 Å². The molecular formula is C44H83BrCl6O17Si3. The molecule has 0 atom stereocenters. The fourth-order valence-corrected chi connectivity index (χ4v) is 7.73. The van der Waals surface area contributed by atoms with E-state index in [1.165, 1.54) is 34.6 Å². The van der Waals surface area contributed by atoms with Crippen LogP contribution in [0, 0.1) is 0 Å². The Morgan fingerprint density at radius 3 is 1.00 bits per heavy atom. The number of hydrogen-bond donors (Lipinski definition) is 1. The third kappa shape index (κ3) is 106. The molecule has 0 aromatic carbocycles. The molecule has 0 saturated carbocycles. The molecule has 27 heteroatoms. The molecule has 422 valence electrons. The maximum Gasteiger partial charge on any atom is 0.705 e. The average Bonchev–Trinajstić information content (AvgIpc) is 3.26. The molecule has 0 heterocycles. The van der Waals surface area contributed by atoms with Crippen molar-refractivity contribution in [1.82, 2.24) is 0 Å². The van der Waals surface area contributed by atoms with Crippen molar-refractivity contribution in [3.63, 3.8) is 0 Å². The van der Waals surface area contributed by atoms with Gasteiger partial charge in [0.05, 0.1) is 78.7 Å². The van der Waals surface area contributed by atoms with E-state index in [0.717, 1.165) is 44.0 Å². The van der Waals surface area contributed by atoms with Gasteiger partial charge >= 0.3 is 33.5 Å². The molecule has 0 saturated heterocycles. The van der Waals surface area contributed by atoms with E-state index in [2.05, 4.69) is 60.8 Å². The molecule has 0 aliphatic heterocycles. The smallest absolute Gasteiger partial charge is 0.455 e. The van der Waals surface area contributed by atoms with Crippen LogP contribution in [0.2, 0.25) is 12.1 Å². The number of unbranched alkanes of at least 4 members (excludes halogenated alkanes) is 2. The molecule has 0 aliphatic rings. The van der Waals surface area contributed by atoms with E-state index in [0.29, 0.717) is 98.4 Å². The molecule has 0 aliphatic carbocycles. The monoisotopic (exact) mass is 1260 g/mol. The highest BCUT2D eigenvalue weighted by Gasteiger charge is 2.51. The molecule has 71 heavy (non-hydrogen) atoms. The average molecular weight is 1260 g/mol. The Kier molecular flexibility index (Phi) is 81.7. The van der Waals surface area contributed by atoms with E-state index in [4.69, 9.17) is 118 Å². The van der Waals surface area contributed by atoms with Crippen LogP contribution in [0.4, 0.5) is 0 Å². The highest BCUT2D eigenvalue weighted by atomic mass is 79.9. The van der Waals surface area contributed by atoms with E-state index in [-0.39, 0.29) is 12.7 Å². The Morgan fingerprint density at radius 1 is 0.493 bits per heavy atom. The zero-order valence-electron chi connectivity index (χ0n) is 42.8. The van der Waals surface area contributed by atoms with Crippen LogP contribution in [-0.4, -0.2) is 161 Å². The molecule has 0 amide bonds. The number of esters is 2. The van der Waals surface area contributed by atoms with Gasteiger partial charge in [-0.3, -0.25) is 24.0 Å². The standard InChI is InChI=1S/C15H28O8Si.C9H19Cl3O2Si.C8H14O2.C5H10O2.C4H6O3.C3H5Br.Cl3HSi/c1-5-6-8-19-10-11-20-9-7-12-24(21-13(2)16,22-14(3)17)23-15(4)18;1-2-3-5-13-7-8-14-6-4-9-15(10,11)12;1-3-5-9-7-8-10-6-4-2;1-2-4-7-5-3-6;1-3(5)7-4(2)6;1-2-3-4;1-4(2)3/h5-12H2,1-4H3;2-9H2,1H3;3-4H,1-2,5-8H2;2,6H,1,3-5H2;1-2H3;2H,1,3H2;4H. The van der Waals surface area contributed by atoms with Crippen molar-refractivity contribution >= 4 is 134 Å². The number of aliphatic hydroxyl groups is 1. The number of allylic oxidation sites excluding steroid dienone is 1. The van der Waals surface area contributed by atoms with Gasteiger partial charge in [0.2, 0.25) is 0 Å². The molecule has 0 unspecified atom stereocenters. The van der Waals surface area contributed by atoms with E-state index in [1.807, 2.05) is 0 Å². The molecule has 0 aromatic rings. The van der Waals surface area contributed by atoms with Gasteiger partial charge in [-0.25, -0.2) is 0 Å². The molecule has 1 N–H and O–H groups in total. The first-order valence-corrected chi connectivity index (χ1v) is 35.9. The summed E-state index contributed by atoms with van der Waals surface area (Å²) in [5, 5.41) is 9.03. The molecule has 0 aromatic heterocycles. The van der Waals surface area contributed by atoms with Crippen LogP contribution in [0.3, 0.4) is 0 Å². The number of carbonyl (C=O) groups excluding carboxylic acids is 5. The zero-order valence-corrected chi connectivity index (χ0v) is 52.1. The first kappa shape index (κ1) is 84.0. The lowest BCUT2D eigenvalue weighted by molar-refractivity contribution is -0.157. The highest BCUT2D eigenvalue weighted by Crippen LogP contribution is 2.26. The SMILES string of the molecule is C=CCBr.C=CCOCCO.C=CCOCCOCC=C.CC(=O)OC(C)=O.CCCCOCCOCCC[Si](Cl)(Cl)Cl.CCCCOCCOCCC[Si](OC(C)=O)(OC(C)=O)OC(C)=O.Cl[SiH](Cl)Cl. The number of ether oxygens (including phenoxy) is 8. The minimum atomic E-state index is -3.73. The van der Waals surface area contributed by atoms with Crippen LogP contribution in [-0.2, 0) is 75.1 Å². The highest BCUT2D eigenvalue weighted by molar-refractivity contribution is 9.09. The van der Waals surface area contributed by atoms with Crippen LogP contribution in [0.15, 0.2) is 50.6 Å². The Balaban J connectivity index is -0.000000149. The van der Waals surface area contributed by atoms with E-state index in [9.17, 15) is 24.0 Å². The van der Waals surface area contributed by atoms with Gasteiger partial charge in [-0.1, -0.05) is 66.9 Å². The normalized spacial score (nSPS) is 10.0. The first-order valence-electron chi connectivity index (χ1n) is 22.4. The Hall–Kier alpha value is -0.939. The second kappa shape index (κ2) is 69.1. The van der Waals surface area contributed by atoms with Crippen LogP contribution in [0.1, 0.15) is 87.0 Å². The maximum atomic E-state index is 11.3. The second-order valence-electron chi connectivity index (χ2n) is 13.0. The Bertz CT molecular complexity index is 1200. The molecule has 17 nitrogen and oxygen atoms in total. The predicted molar refractivity (Wildman–Crippen MR) is 298 cm³/mol. The summed E-state index contributed by atoms with van der Waals surface area (Å²) < 4.78 is 55.4. The predicted octanol–water partition coefficient (Wildman–Crippen LogP) is 10.4. The van der Waals surface area contributed by atoms with Gasteiger partial charge in [0.15, 0.2) is 0 Å². The summed E-state index contributed by atoms with van der Waals surface area (Å²) in [6.07, 6.45) is 12.5. The number of halogens is 7. The summed E-state index contributed by atoms with van der Waals surface area (Å²) in [5.41, 5.74) is 0. The van der Waals surface area contributed by atoms with Gasteiger partial charge < -0.3 is 56.3 Å². The lowest BCUT2D eigenvalue weighted by Crippen LogP contribution is -2.49. The van der Waals surface area contributed by atoms with Crippen molar-refractivity contribution in [1.29, 1.82) is 0 Å². The number of aliphatic hydroxyl groups excluding tert-OH is 1. The van der Waals surface area contributed by atoms with Crippen molar-refractivity contribution in [2.75, 3.05) is 104 Å². The van der Waals surface area contributed by atoms with Gasteiger partial charge in [0, 0.05) is 66.4 Å². The van der Waals surface area contributed by atoms with Gasteiger partial charge in [-0.05, 0) is 31.7 Å². The maximum absolute atomic E-state index is 11.3. The first-order chi connectivity index (χ1) is 33.5.